The second-order valence-corrected chi connectivity index (χ2v) is 4.91. The van der Waals surface area contributed by atoms with E-state index in [1.54, 1.807) is 6.08 Å². The van der Waals surface area contributed by atoms with Crippen molar-refractivity contribution in [3.63, 3.8) is 0 Å². The van der Waals surface area contributed by atoms with Crippen molar-refractivity contribution < 1.29 is 5.11 Å². The molecule has 1 aromatic rings. The Balaban J connectivity index is 1.80. The number of hydrogen-bond donors (Lipinski definition) is 1. The molecule has 0 radical (unpaired) electrons. The van der Waals surface area contributed by atoms with Crippen molar-refractivity contribution in [2.24, 2.45) is 5.92 Å². The highest BCUT2D eigenvalue weighted by Gasteiger charge is 2.23. The molecule has 2 heteroatoms. The van der Waals surface area contributed by atoms with E-state index < -0.39 is 0 Å². The minimum absolute atomic E-state index is 0.336. The summed E-state index contributed by atoms with van der Waals surface area (Å²) in [6.07, 6.45) is 3.35. The first-order valence-electron chi connectivity index (χ1n) is 6.35. The average Bonchev–Trinajstić information content (AvgIpc) is 2.77. The van der Waals surface area contributed by atoms with Crippen LogP contribution in [0.3, 0.4) is 0 Å². The van der Waals surface area contributed by atoms with Crippen LogP contribution in [0.25, 0.3) is 0 Å². The third kappa shape index (κ3) is 3.69. The van der Waals surface area contributed by atoms with Crippen LogP contribution in [0, 0.1) is 5.92 Å². The number of nitrogens with zero attached hydrogens (tertiary/aromatic N) is 1. The molecule has 2 atom stereocenters. The summed E-state index contributed by atoms with van der Waals surface area (Å²) < 4.78 is 0. The van der Waals surface area contributed by atoms with Crippen LogP contribution >= 0.6 is 0 Å². The molecule has 1 heterocycles. The van der Waals surface area contributed by atoms with Crippen LogP contribution in [0.2, 0.25) is 0 Å². The molecular weight excluding hydrogens is 210 g/mol. The molecule has 17 heavy (non-hydrogen) atoms. The van der Waals surface area contributed by atoms with E-state index in [2.05, 4.69) is 41.8 Å². The molecule has 92 valence electrons. The number of rotatable bonds is 5. The summed E-state index contributed by atoms with van der Waals surface area (Å²) in [7, 11) is 0. The van der Waals surface area contributed by atoms with E-state index in [0.29, 0.717) is 5.92 Å². The van der Waals surface area contributed by atoms with Gasteiger partial charge in [-0.25, -0.2) is 0 Å². The smallest absolute Gasteiger partial charge is 0.0721 e. The molecule has 1 aromatic carbocycles. The fourth-order valence-corrected chi connectivity index (χ4v) is 2.53. The quantitative estimate of drug-likeness (QED) is 0.787. The molecule has 1 aliphatic rings. The van der Waals surface area contributed by atoms with Crippen LogP contribution < -0.4 is 0 Å². The number of hydrogen-bond acceptors (Lipinski definition) is 2. The van der Waals surface area contributed by atoms with Crippen molar-refractivity contribution in [2.45, 2.75) is 25.5 Å². The van der Waals surface area contributed by atoms with Crippen LogP contribution in [0.4, 0.5) is 0 Å². The molecule has 0 amide bonds. The summed E-state index contributed by atoms with van der Waals surface area (Å²) in [6, 6.07) is 10.6. The van der Waals surface area contributed by atoms with E-state index in [1.807, 2.05) is 0 Å². The normalized spacial score (nSPS) is 22.5. The third-order valence-electron chi connectivity index (χ3n) is 3.47. The van der Waals surface area contributed by atoms with E-state index in [0.717, 1.165) is 26.1 Å². The second kappa shape index (κ2) is 5.99. The zero-order valence-electron chi connectivity index (χ0n) is 10.3. The SMILES string of the molecule is C=CC(O)CC1CCN(Cc2ccccc2)C1. The van der Waals surface area contributed by atoms with Gasteiger partial charge in [0.05, 0.1) is 6.10 Å². The lowest BCUT2D eigenvalue weighted by molar-refractivity contribution is 0.185. The summed E-state index contributed by atoms with van der Waals surface area (Å²) in [6.45, 7) is 6.89. The number of aliphatic hydroxyl groups excluding tert-OH is 1. The molecule has 0 aromatic heterocycles. The summed E-state index contributed by atoms with van der Waals surface area (Å²) in [5.41, 5.74) is 1.37. The lowest BCUT2D eigenvalue weighted by atomic mass is 10.0. The van der Waals surface area contributed by atoms with Crippen LogP contribution in [-0.4, -0.2) is 29.2 Å². The minimum Gasteiger partial charge on any atom is -0.389 e. The predicted molar refractivity (Wildman–Crippen MR) is 70.6 cm³/mol. The van der Waals surface area contributed by atoms with Crippen molar-refractivity contribution in [2.75, 3.05) is 13.1 Å². The van der Waals surface area contributed by atoms with Crippen LogP contribution in [0.1, 0.15) is 18.4 Å². The molecule has 1 aliphatic heterocycles. The molecular formula is C15H21NO. The number of aliphatic hydroxyl groups is 1. The Morgan fingerprint density at radius 1 is 1.41 bits per heavy atom. The number of likely N-dealkylation sites (tertiary alicyclic amines) is 1. The second-order valence-electron chi connectivity index (χ2n) is 4.91. The van der Waals surface area contributed by atoms with Gasteiger partial charge in [-0.15, -0.1) is 6.58 Å². The fraction of sp³-hybridized carbons (Fsp3) is 0.467. The first-order chi connectivity index (χ1) is 8.28. The van der Waals surface area contributed by atoms with Crippen LogP contribution in [0.15, 0.2) is 43.0 Å². The topological polar surface area (TPSA) is 23.5 Å². The van der Waals surface area contributed by atoms with Gasteiger partial charge in [0, 0.05) is 13.1 Å². The highest BCUT2D eigenvalue weighted by Crippen LogP contribution is 2.22. The molecule has 1 fully saturated rings. The van der Waals surface area contributed by atoms with E-state index in [-0.39, 0.29) is 6.10 Å². The summed E-state index contributed by atoms with van der Waals surface area (Å²) in [5, 5.41) is 9.56. The zero-order chi connectivity index (χ0) is 12.1. The van der Waals surface area contributed by atoms with E-state index >= 15 is 0 Å². The lowest BCUT2D eigenvalue weighted by Crippen LogP contribution is -2.21. The molecule has 1 saturated heterocycles. The van der Waals surface area contributed by atoms with Gasteiger partial charge in [-0.3, -0.25) is 4.90 Å². The highest BCUT2D eigenvalue weighted by atomic mass is 16.3. The fourth-order valence-electron chi connectivity index (χ4n) is 2.53. The standard InChI is InChI=1S/C15H21NO/c1-2-15(17)10-14-8-9-16(12-14)11-13-6-4-3-5-7-13/h2-7,14-15,17H,1,8-12H2. The Morgan fingerprint density at radius 2 is 2.18 bits per heavy atom. The maximum atomic E-state index is 9.56. The van der Waals surface area contributed by atoms with Gasteiger partial charge in [-0.2, -0.15) is 0 Å². The summed E-state index contributed by atoms with van der Waals surface area (Å²) in [5.74, 6) is 0.617. The number of benzene rings is 1. The van der Waals surface area contributed by atoms with Gasteiger partial charge in [0.15, 0.2) is 0 Å². The van der Waals surface area contributed by atoms with E-state index in [4.69, 9.17) is 0 Å². The average molecular weight is 231 g/mol. The lowest BCUT2D eigenvalue weighted by Gasteiger charge is -2.16. The monoisotopic (exact) mass is 231 g/mol. The van der Waals surface area contributed by atoms with Gasteiger partial charge in [-0.05, 0) is 30.9 Å². The maximum Gasteiger partial charge on any atom is 0.0721 e. The molecule has 0 spiro atoms. The summed E-state index contributed by atoms with van der Waals surface area (Å²) in [4.78, 5) is 2.47. The van der Waals surface area contributed by atoms with Crippen molar-refractivity contribution in [1.82, 2.24) is 4.90 Å². The van der Waals surface area contributed by atoms with Gasteiger partial charge in [0.2, 0.25) is 0 Å². The molecule has 1 N–H and O–H groups in total. The van der Waals surface area contributed by atoms with Gasteiger partial charge < -0.3 is 5.11 Å². The van der Waals surface area contributed by atoms with Crippen LogP contribution in [0.5, 0.6) is 0 Å². The third-order valence-corrected chi connectivity index (χ3v) is 3.47. The van der Waals surface area contributed by atoms with Gasteiger partial charge in [0.25, 0.3) is 0 Å². The first kappa shape index (κ1) is 12.3. The van der Waals surface area contributed by atoms with E-state index in [1.165, 1.54) is 12.0 Å². The van der Waals surface area contributed by atoms with Gasteiger partial charge >= 0.3 is 0 Å². The van der Waals surface area contributed by atoms with Crippen LogP contribution in [-0.2, 0) is 6.54 Å². The Morgan fingerprint density at radius 3 is 2.88 bits per heavy atom. The van der Waals surface area contributed by atoms with E-state index in [9.17, 15) is 5.11 Å². The molecule has 2 unspecified atom stereocenters. The molecule has 2 nitrogen and oxygen atoms in total. The van der Waals surface area contributed by atoms with Gasteiger partial charge in [-0.1, -0.05) is 36.4 Å². The first-order valence-corrected chi connectivity index (χ1v) is 6.35. The highest BCUT2D eigenvalue weighted by molar-refractivity contribution is 5.14. The largest absolute Gasteiger partial charge is 0.389 e. The maximum absolute atomic E-state index is 9.56. The minimum atomic E-state index is -0.336. The van der Waals surface area contributed by atoms with Crippen molar-refractivity contribution in [3.05, 3.63) is 48.6 Å². The Kier molecular flexibility index (Phi) is 4.35. The predicted octanol–water partition coefficient (Wildman–Crippen LogP) is 2.45. The Hall–Kier alpha value is -1.12. The van der Waals surface area contributed by atoms with Crippen molar-refractivity contribution in [3.8, 4) is 0 Å². The van der Waals surface area contributed by atoms with Crippen molar-refractivity contribution in [1.29, 1.82) is 0 Å². The zero-order valence-corrected chi connectivity index (χ0v) is 10.3. The van der Waals surface area contributed by atoms with Crippen molar-refractivity contribution >= 4 is 0 Å². The Bertz CT molecular complexity index is 349. The van der Waals surface area contributed by atoms with Gasteiger partial charge in [0.1, 0.15) is 0 Å². The molecule has 2 rings (SSSR count). The molecule has 0 bridgehead atoms. The molecule has 0 saturated carbocycles. The Labute approximate surface area is 104 Å². The molecule has 0 aliphatic carbocycles. The summed E-state index contributed by atoms with van der Waals surface area (Å²) >= 11 is 0.